The molecule has 0 spiro atoms. The van der Waals surface area contributed by atoms with Crippen molar-refractivity contribution in [1.82, 2.24) is 10.2 Å². The number of methoxy groups -OCH3 is 2. The van der Waals surface area contributed by atoms with Gasteiger partial charge in [0.25, 0.3) is 0 Å². The smallest absolute Gasteiger partial charge is 0.161 e. The molecule has 3 N–H and O–H groups in total. The van der Waals surface area contributed by atoms with E-state index in [1.54, 1.807) is 14.2 Å². The number of hydrogen-bond donors (Lipinski definition) is 2. The summed E-state index contributed by atoms with van der Waals surface area (Å²) in [5.41, 5.74) is 6.95. The van der Waals surface area contributed by atoms with Crippen molar-refractivity contribution in [3.63, 3.8) is 0 Å². The first kappa shape index (κ1) is 15.8. The van der Waals surface area contributed by atoms with Gasteiger partial charge in [-0.2, -0.15) is 0 Å². The Bertz CT molecular complexity index is 383. The van der Waals surface area contributed by atoms with E-state index in [9.17, 15) is 0 Å². The van der Waals surface area contributed by atoms with Crippen molar-refractivity contribution in [3.05, 3.63) is 23.8 Å². The summed E-state index contributed by atoms with van der Waals surface area (Å²) in [6.45, 7) is 2.41. The topological polar surface area (TPSA) is 59.8 Å². The lowest BCUT2D eigenvalue weighted by Crippen LogP contribution is -2.33. The second kappa shape index (κ2) is 7.99. The van der Waals surface area contributed by atoms with Gasteiger partial charge in [0.2, 0.25) is 0 Å². The van der Waals surface area contributed by atoms with Crippen LogP contribution in [-0.4, -0.2) is 52.8 Å². The fourth-order valence-corrected chi connectivity index (χ4v) is 1.87. The Morgan fingerprint density at radius 2 is 1.89 bits per heavy atom. The number of ether oxygens (including phenoxy) is 2. The Morgan fingerprint density at radius 1 is 1.21 bits per heavy atom. The second-order valence-corrected chi connectivity index (χ2v) is 4.66. The largest absolute Gasteiger partial charge is 0.493 e. The number of benzene rings is 1. The van der Waals surface area contributed by atoms with Crippen LogP contribution in [0.25, 0.3) is 0 Å². The molecule has 0 aliphatic heterocycles. The number of nitrogens with zero attached hydrogens (tertiary/aromatic N) is 1. The Labute approximate surface area is 115 Å². The Balaban J connectivity index is 2.75. The van der Waals surface area contributed by atoms with E-state index >= 15 is 0 Å². The SMILES string of the molecule is COc1ccc(C(CN)NCCN(C)C)cc1OC. The van der Waals surface area contributed by atoms with Crippen molar-refractivity contribution >= 4 is 0 Å². The van der Waals surface area contributed by atoms with E-state index in [2.05, 4.69) is 24.3 Å². The fourth-order valence-electron chi connectivity index (χ4n) is 1.87. The minimum Gasteiger partial charge on any atom is -0.493 e. The molecule has 0 aliphatic carbocycles. The highest BCUT2D eigenvalue weighted by Crippen LogP contribution is 2.29. The normalized spacial score (nSPS) is 12.5. The third-order valence-corrected chi connectivity index (χ3v) is 3.00. The van der Waals surface area contributed by atoms with Gasteiger partial charge in [0.1, 0.15) is 0 Å². The van der Waals surface area contributed by atoms with Crippen LogP contribution in [0.15, 0.2) is 18.2 Å². The zero-order valence-electron chi connectivity index (χ0n) is 12.3. The van der Waals surface area contributed by atoms with Crippen molar-refractivity contribution in [2.75, 3.05) is 47.9 Å². The van der Waals surface area contributed by atoms with Crippen LogP contribution in [0.5, 0.6) is 11.5 Å². The van der Waals surface area contributed by atoms with E-state index in [-0.39, 0.29) is 6.04 Å². The maximum absolute atomic E-state index is 5.84. The van der Waals surface area contributed by atoms with E-state index in [0.717, 1.165) is 30.2 Å². The molecule has 0 fully saturated rings. The third kappa shape index (κ3) is 4.70. The first-order chi connectivity index (χ1) is 9.12. The molecule has 0 aliphatic rings. The molecule has 1 atom stereocenters. The molecule has 1 rings (SSSR count). The molecule has 0 heterocycles. The number of likely N-dealkylation sites (N-methyl/N-ethyl adjacent to an activating group) is 1. The predicted octanol–water partition coefficient (Wildman–Crippen LogP) is 0.855. The third-order valence-electron chi connectivity index (χ3n) is 3.00. The van der Waals surface area contributed by atoms with E-state index < -0.39 is 0 Å². The quantitative estimate of drug-likeness (QED) is 0.731. The van der Waals surface area contributed by atoms with Crippen LogP contribution in [0.3, 0.4) is 0 Å². The highest BCUT2D eigenvalue weighted by atomic mass is 16.5. The van der Waals surface area contributed by atoms with Gasteiger partial charge < -0.3 is 25.4 Å². The zero-order valence-corrected chi connectivity index (χ0v) is 12.3. The molecule has 19 heavy (non-hydrogen) atoms. The minimum atomic E-state index is 0.125. The predicted molar refractivity (Wildman–Crippen MR) is 77.9 cm³/mol. The first-order valence-electron chi connectivity index (χ1n) is 6.42. The molecular weight excluding hydrogens is 242 g/mol. The Morgan fingerprint density at radius 3 is 2.42 bits per heavy atom. The van der Waals surface area contributed by atoms with Gasteiger partial charge in [-0.1, -0.05) is 6.07 Å². The number of nitrogens with one attached hydrogen (secondary N) is 1. The molecule has 0 aromatic heterocycles. The van der Waals surface area contributed by atoms with Crippen LogP contribution in [0.1, 0.15) is 11.6 Å². The van der Waals surface area contributed by atoms with E-state index in [0.29, 0.717) is 6.54 Å². The highest BCUT2D eigenvalue weighted by molar-refractivity contribution is 5.43. The van der Waals surface area contributed by atoms with Gasteiger partial charge in [-0.15, -0.1) is 0 Å². The van der Waals surface area contributed by atoms with Gasteiger partial charge in [-0.25, -0.2) is 0 Å². The second-order valence-electron chi connectivity index (χ2n) is 4.66. The lowest BCUT2D eigenvalue weighted by molar-refractivity contribution is 0.353. The summed E-state index contributed by atoms with van der Waals surface area (Å²) >= 11 is 0. The molecule has 5 heteroatoms. The monoisotopic (exact) mass is 267 g/mol. The number of nitrogens with two attached hydrogens (primary N) is 1. The Hall–Kier alpha value is -1.30. The van der Waals surface area contributed by atoms with E-state index in [4.69, 9.17) is 15.2 Å². The van der Waals surface area contributed by atoms with Crippen molar-refractivity contribution in [2.45, 2.75) is 6.04 Å². The van der Waals surface area contributed by atoms with Crippen LogP contribution in [0, 0.1) is 0 Å². The molecule has 108 valence electrons. The number of hydrogen-bond acceptors (Lipinski definition) is 5. The minimum absolute atomic E-state index is 0.125. The lowest BCUT2D eigenvalue weighted by Gasteiger charge is -2.20. The van der Waals surface area contributed by atoms with Crippen LogP contribution >= 0.6 is 0 Å². The van der Waals surface area contributed by atoms with Crippen molar-refractivity contribution in [1.29, 1.82) is 0 Å². The Kier molecular flexibility index (Phi) is 6.62. The molecule has 1 aromatic rings. The van der Waals surface area contributed by atoms with Gasteiger partial charge in [-0.05, 0) is 31.8 Å². The molecule has 5 nitrogen and oxygen atoms in total. The molecule has 0 bridgehead atoms. The molecular formula is C14H25N3O2. The van der Waals surface area contributed by atoms with E-state index in [1.165, 1.54) is 0 Å². The van der Waals surface area contributed by atoms with E-state index in [1.807, 2.05) is 18.2 Å². The van der Waals surface area contributed by atoms with Crippen molar-refractivity contribution in [3.8, 4) is 11.5 Å². The summed E-state index contributed by atoms with van der Waals surface area (Å²) in [5.74, 6) is 1.46. The van der Waals surface area contributed by atoms with Gasteiger partial charge in [0, 0.05) is 25.7 Å². The zero-order chi connectivity index (χ0) is 14.3. The van der Waals surface area contributed by atoms with Gasteiger partial charge in [0.05, 0.1) is 14.2 Å². The fraction of sp³-hybridized carbons (Fsp3) is 0.571. The molecule has 1 aromatic carbocycles. The van der Waals surface area contributed by atoms with Crippen LogP contribution in [-0.2, 0) is 0 Å². The molecule has 1 unspecified atom stereocenters. The van der Waals surface area contributed by atoms with Crippen molar-refractivity contribution < 1.29 is 9.47 Å². The maximum Gasteiger partial charge on any atom is 0.161 e. The average molecular weight is 267 g/mol. The summed E-state index contributed by atoms with van der Waals surface area (Å²) in [6, 6.07) is 6.02. The molecule has 0 radical (unpaired) electrons. The molecule has 0 amide bonds. The molecule has 0 saturated carbocycles. The number of rotatable bonds is 8. The van der Waals surface area contributed by atoms with Gasteiger partial charge in [-0.3, -0.25) is 0 Å². The summed E-state index contributed by atoms with van der Waals surface area (Å²) in [7, 11) is 7.37. The summed E-state index contributed by atoms with van der Waals surface area (Å²) in [4.78, 5) is 2.13. The van der Waals surface area contributed by atoms with Crippen LogP contribution in [0.2, 0.25) is 0 Å². The van der Waals surface area contributed by atoms with Crippen LogP contribution < -0.4 is 20.5 Å². The van der Waals surface area contributed by atoms with Crippen molar-refractivity contribution in [2.24, 2.45) is 5.73 Å². The molecule has 0 saturated heterocycles. The average Bonchev–Trinajstić information content (AvgIpc) is 2.42. The maximum atomic E-state index is 5.84. The van der Waals surface area contributed by atoms with Gasteiger partial charge >= 0.3 is 0 Å². The van der Waals surface area contributed by atoms with Gasteiger partial charge in [0.15, 0.2) is 11.5 Å². The first-order valence-corrected chi connectivity index (χ1v) is 6.42. The summed E-state index contributed by atoms with van der Waals surface area (Å²) in [6.07, 6.45) is 0. The summed E-state index contributed by atoms with van der Waals surface area (Å²) < 4.78 is 10.5. The standard InChI is InChI=1S/C14H25N3O2/c1-17(2)8-7-16-12(10-15)11-5-6-13(18-3)14(9-11)19-4/h5-6,9,12,16H,7-8,10,15H2,1-4H3. The van der Waals surface area contributed by atoms with Crippen LogP contribution in [0.4, 0.5) is 0 Å². The lowest BCUT2D eigenvalue weighted by atomic mass is 10.1. The summed E-state index contributed by atoms with van der Waals surface area (Å²) in [5, 5.41) is 3.44. The highest BCUT2D eigenvalue weighted by Gasteiger charge is 2.12.